The summed E-state index contributed by atoms with van der Waals surface area (Å²) in [4.78, 5) is 34.2. The summed E-state index contributed by atoms with van der Waals surface area (Å²) in [6, 6.07) is 6.27. The summed E-state index contributed by atoms with van der Waals surface area (Å²) in [5, 5.41) is 18.4. The molecule has 0 fully saturated rings. The Labute approximate surface area is 152 Å². The highest BCUT2D eigenvalue weighted by Crippen LogP contribution is 2.19. The number of carbonyl (C=O) groups excluding carboxylic acids is 2. The van der Waals surface area contributed by atoms with Crippen LogP contribution in [0.5, 0.6) is 5.75 Å². The highest BCUT2D eigenvalue weighted by Gasteiger charge is 2.25. The van der Waals surface area contributed by atoms with E-state index in [-0.39, 0.29) is 12.2 Å². The number of hydrogen-bond donors (Lipinski definition) is 2. The van der Waals surface area contributed by atoms with Crippen LogP contribution in [0.1, 0.15) is 44.0 Å². The minimum absolute atomic E-state index is 0.0572. The van der Waals surface area contributed by atoms with Crippen molar-refractivity contribution in [1.29, 1.82) is 0 Å². The first-order valence-electron chi connectivity index (χ1n) is 8.15. The van der Waals surface area contributed by atoms with Gasteiger partial charge in [0, 0.05) is 11.1 Å². The molecule has 7 nitrogen and oxygen atoms in total. The van der Waals surface area contributed by atoms with Gasteiger partial charge in [0.2, 0.25) is 0 Å². The van der Waals surface area contributed by atoms with E-state index in [0.29, 0.717) is 17.7 Å². The van der Waals surface area contributed by atoms with E-state index in [4.69, 9.17) is 14.6 Å². The molecule has 2 N–H and O–H groups in total. The molecule has 1 atom stereocenters. The molecule has 0 heterocycles. The monoisotopic (exact) mass is 364 g/mol. The van der Waals surface area contributed by atoms with Crippen LogP contribution in [0, 0.1) is 0 Å². The Hall–Kier alpha value is -2.67. The number of aliphatic hydroxyl groups is 1. The zero-order valence-corrected chi connectivity index (χ0v) is 15.2. The lowest BCUT2D eigenvalue weighted by Gasteiger charge is -2.19. The summed E-state index contributed by atoms with van der Waals surface area (Å²) in [6.45, 7) is 8.00. The second-order valence-electron chi connectivity index (χ2n) is 6.33. The molecule has 0 aliphatic heterocycles. The van der Waals surface area contributed by atoms with E-state index in [9.17, 15) is 19.5 Å². The highest BCUT2D eigenvalue weighted by molar-refractivity contribution is 6.01. The third kappa shape index (κ3) is 6.68. The molecule has 0 amide bonds. The van der Waals surface area contributed by atoms with E-state index >= 15 is 0 Å². The first-order chi connectivity index (χ1) is 12.0. The van der Waals surface area contributed by atoms with Gasteiger partial charge >= 0.3 is 11.9 Å². The molecule has 1 aromatic rings. The number of benzene rings is 1. The van der Waals surface area contributed by atoms with Gasteiger partial charge < -0.3 is 19.7 Å². The number of rotatable bonds is 10. The number of hydrogen-bond acceptors (Lipinski definition) is 6. The van der Waals surface area contributed by atoms with Gasteiger partial charge in [0.05, 0.1) is 6.42 Å². The second-order valence-corrected chi connectivity index (χ2v) is 6.33. The fourth-order valence-corrected chi connectivity index (χ4v) is 1.99. The molecule has 7 heteroatoms. The summed E-state index contributed by atoms with van der Waals surface area (Å²) >= 11 is 0. The summed E-state index contributed by atoms with van der Waals surface area (Å²) in [7, 11) is 0. The third-order valence-corrected chi connectivity index (χ3v) is 3.48. The second kappa shape index (κ2) is 9.15. The maximum atomic E-state index is 12.0. The van der Waals surface area contributed by atoms with Gasteiger partial charge in [0.15, 0.2) is 5.78 Å². The molecule has 0 bridgehead atoms. The van der Waals surface area contributed by atoms with Crippen LogP contribution in [0.4, 0.5) is 0 Å². The minimum Gasteiger partial charge on any atom is -0.487 e. The average Bonchev–Trinajstić information content (AvgIpc) is 2.56. The summed E-state index contributed by atoms with van der Waals surface area (Å²) in [6.07, 6.45) is -0.372. The zero-order valence-electron chi connectivity index (χ0n) is 15.2. The lowest BCUT2D eigenvalue weighted by atomic mass is 9.97. The van der Waals surface area contributed by atoms with Gasteiger partial charge in [-0.25, -0.2) is 4.79 Å². The van der Waals surface area contributed by atoms with Gasteiger partial charge in [-0.1, -0.05) is 13.5 Å². The van der Waals surface area contributed by atoms with Crippen molar-refractivity contribution < 1.29 is 34.1 Å². The molecule has 1 rings (SSSR count). The molecular weight excluding hydrogens is 340 g/mol. The largest absolute Gasteiger partial charge is 0.487 e. The van der Waals surface area contributed by atoms with Crippen LogP contribution in [0.25, 0.3) is 0 Å². The molecule has 0 radical (unpaired) electrons. The molecule has 26 heavy (non-hydrogen) atoms. The number of ketones is 1. The fourth-order valence-electron chi connectivity index (χ4n) is 1.99. The Kier molecular flexibility index (Phi) is 7.52. The number of Topliss-reactive ketones (excluding diaryl/α,β-unsaturated/α-hetero) is 1. The predicted octanol–water partition coefficient (Wildman–Crippen LogP) is 2.37. The Morgan fingerprint density at radius 1 is 1.19 bits per heavy atom. The molecule has 142 valence electrons. The maximum Gasteiger partial charge on any atom is 0.334 e. The van der Waals surface area contributed by atoms with E-state index in [1.54, 1.807) is 24.3 Å². The minimum atomic E-state index is -1.46. The van der Waals surface area contributed by atoms with E-state index in [0.717, 1.165) is 0 Å². The third-order valence-electron chi connectivity index (χ3n) is 3.48. The van der Waals surface area contributed by atoms with E-state index in [2.05, 4.69) is 6.58 Å². The molecule has 0 aliphatic rings. The van der Waals surface area contributed by atoms with Gasteiger partial charge in [-0.2, -0.15) is 0 Å². The highest BCUT2D eigenvalue weighted by atomic mass is 16.6. The first kappa shape index (κ1) is 21.4. The van der Waals surface area contributed by atoms with Crippen LogP contribution in [0.2, 0.25) is 0 Å². The van der Waals surface area contributed by atoms with Gasteiger partial charge in [0.1, 0.15) is 24.1 Å². The normalized spacial score (nSPS) is 12.2. The van der Waals surface area contributed by atoms with Crippen LogP contribution in [0.15, 0.2) is 36.4 Å². The average molecular weight is 364 g/mol. The summed E-state index contributed by atoms with van der Waals surface area (Å²) in [5.74, 6) is -1.86. The molecular formula is C19H24O7. The summed E-state index contributed by atoms with van der Waals surface area (Å²) < 4.78 is 10.7. The predicted molar refractivity (Wildman–Crippen MR) is 94.1 cm³/mol. The lowest BCUT2D eigenvalue weighted by Crippen LogP contribution is -2.31. The van der Waals surface area contributed by atoms with Crippen LogP contribution in [-0.2, 0) is 14.3 Å². The van der Waals surface area contributed by atoms with Crippen molar-refractivity contribution in [3.8, 4) is 5.75 Å². The number of carboxylic acid groups (broad SMARTS) is 1. The molecule has 0 aliphatic carbocycles. The Morgan fingerprint density at radius 2 is 1.77 bits per heavy atom. The molecule has 0 aromatic heterocycles. The Balaban J connectivity index is 2.63. The molecule has 0 saturated carbocycles. The van der Waals surface area contributed by atoms with Crippen molar-refractivity contribution in [3.05, 3.63) is 42.0 Å². The number of esters is 1. The van der Waals surface area contributed by atoms with Crippen molar-refractivity contribution in [2.45, 2.75) is 45.3 Å². The number of carboxylic acids is 1. The topological polar surface area (TPSA) is 110 Å². The quantitative estimate of drug-likeness (QED) is 0.372. The number of carbonyl (C=O) groups is 3. The van der Waals surface area contributed by atoms with Crippen LogP contribution in [0.3, 0.4) is 0 Å². The van der Waals surface area contributed by atoms with Gasteiger partial charge in [0.25, 0.3) is 0 Å². The van der Waals surface area contributed by atoms with Crippen LogP contribution >= 0.6 is 0 Å². The number of aliphatic carboxylic acids is 1. The molecule has 1 unspecified atom stereocenters. The van der Waals surface area contributed by atoms with Gasteiger partial charge in [-0.3, -0.25) is 9.59 Å². The van der Waals surface area contributed by atoms with Crippen molar-refractivity contribution in [2.75, 3.05) is 6.61 Å². The summed E-state index contributed by atoms with van der Waals surface area (Å²) in [5.41, 5.74) is -1.24. The van der Waals surface area contributed by atoms with Crippen LogP contribution < -0.4 is 4.74 Å². The van der Waals surface area contributed by atoms with Crippen molar-refractivity contribution in [1.82, 2.24) is 0 Å². The SMILES string of the molecule is C=C(CC(=O)O)C(=O)OCC(CC)Oc1ccc(C(=O)C(C)(C)O)cc1. The van der Waals surface area contributed by atoms with E-state index in [1.807, 2.05) is 6.92 Å². The Bertz CT molecular complexity index is 668. The standard InChI is InChI=1S/C19H24O7/c1-5-14(11-25-18(23)12(2)10-16(20)21)26-15-8-6-13(7-9-15)17(22)19(3,4)24/h6-9,14,24H,2,5,10-11H2,1,3-4H3,(H,20,21). The Morgan fingerprint density at radius 3 is 2.23 bits per heavy atom. The van der Waals surface area contributed by atoms with E-state index < -0.39 is 35.8 Å². The van der Waals surface area contributed by atoms with Crippen molar-refractivity contribution >= 4 is 17.7 Å². The number of ether oxygens (including phenoxy) is 2. The maximum absolute atomic E-state index is 12.0. The zero-order chi connectivity index (χ0) is 19.9. The van der Waals surface area contributed by atoms with Gasteiger partial charge in [-0.05, 0) is 44.5 Å². The lowest BCUT2D eigenvalue weighted by molar-refractivity contribution is -0.144. The first-order valence-corrected chi connectivity index (χ1v) is 8.15. The molecule has 0 saturated heterocycles. The van der Waals surface area contributed by atoms with Crippen molar-refractivity contribution in [3.63, 3.8) is 0 Å². The van der Waals surface area contributed by atoms with Gasteiger partial charge in [-0.15, -0.1) is 0 Å². The fraction of sp³-hybridized carbons (Fsp3) is 0.421. The van der Waals surface area contributed by atoms with Crippen LogP contribution in [-0.4, -0.2) is 46.2 Å². The smallest absolute Gasteiger partial charge is 0.334 e. The van der Waals surface area contributed by atoms with E-state index in [1.165, 1.54) is 13.8 Å². The molecule has 0 spiro atoms. The molecule has 1 aromatic carbocycles. The van der Waals surface area contributed by atoms with Crippen molar-refractivity contribution in [2.24, 2.45) is 0 Å².